The van der Waals surface area contributed by atoms with E-state index in [-0.39, 0.29) is 5.91 Å². The van der Waals surface area contributed by atoms with Crippen molar-refractivity contribution in [3.8, 4) is 0 Å². The van der Waals surface area contributed by atoms with E-state index in [0.29, 0.717) is 5.71 Å². The number of hydrogen-bond donors (Lipinski definition) is 1. The van der Waals surface area contributed by atoms with Crippen LogP contribution < -0.4 is 10.2 Å². The van der Waals surface area contributed by atoms with E-state index < -0.39 is 12.1 Å². The van der Waals surface area contributed by atoms with Crippen LogP contribution in [0, 0.1) is 0 Å². The maximum absolute atomic E-state index is 13.1. The number of para-hydroxylation sites is 1. The summed E-state index contributed by atoms with van der Waals surface area (Å²) < 4.78 is 0.922. The summed E-state index contributed by atoms with van der Waals surface area (Å²) in [6.07, 6.45) is 2.07. The Kier molecular flexibility index (Phi) is 6.09. The molecule has 1 N–H and O–H groups in total. The van der Waals surface area contributed by atoms with E-state index in [1.165, 1.54) is 11.0 Å². The van der Waals surface area contributed by atoms with Crippen molar-refractivity contribution in [2.75, 3.05) is 11.9 Å². The van der Waals surface area contributed by atoms with Gasteiger partial charge in [-0.15, -0.1) is 0 Å². The van der Waals surface area contributed by atoms with Crippen LogP contribution in [0.3, 0.4) is 0 Å². The monoisotopic (exact) mass is 473 g/mol. The molecule has 1 aliphatic rings. The van der Waals surface area contributed by atoms with E-state index in [1.807, 2.05) is 78.9 Å². The zero-order valence-electron chi connectivity index (χ0n) is 16.8. The Bertz CT molecular complexity index is 1190. The van der Waals surface area contributed by atoms with Crippen molar-refractivity contribution in [2.24, 2.45) is 4.99 Å². The number of aliphatic imine (C=N–C) groups is 1. The summed E-state index contributed by atoms with van der Waals surface area (Å²) in [5, 5.41) is 2.74. The fourth-order valence-electron chi connectivity index (χ4n) is 3.41. The Morgan fingerprint density at radius 1 is 1.03 bits per heavy atom. The van der Waals surface area contributed by atoms with Gasteiger partial charge in [-0.3, -0.25) is 9.59 Å². The second-order valence-corrected chi connectivity index (χ2v) is 7.97. The number of nitrogens with one attached hydrogen (secondary N) is 1. The molecular formula is C25H20BrN3O2. The molecule has 0 saturated heterocycles. The second kappa shape index (κ2) is 9.10. The topological polar surface area (TPSA) is 61.8 Å². The smallest absolute Gasteiger partial charge is 0.272 e. The Labute approximate surface area is 189 Å². The molecule has 0 aliphatic carbocycles. The van der Waals surface area contributed by atoms with Crippen molar-refractivity contribution in [3.05, 3.63) is 106 Å². The van der Waals surface area contributed by atoms with E-state index in [1.54, 1.807) is 13.1 Å². The number of carbonyl (C=O) groups excluding carboxylic acids is 2. The number of likely N-dealkylation sites (N-methyl/N-ethyl adjacent to an activating group) is 1. The predicted molar refractivity (Wildman–Crippen MR) is 127 cm³/mol. The lowest BCUT2D eigenvalue weighted by molar-refractivity contribution is -0.124. The molecule has 0 aromatic heterocycles. The molecule has 0 spiro atoms. The van der Waals surface area contributed by atoms with Crippen LogP contribution in [-0.2, 0) is 9.59 Å². The first-order valence-electron chi connectivity index (χ1n) is 9.77. The van der Waals surface area contributed by atoms with Gasteiger partial charge in [0.25, 0.3) is 5.91 Å². The van der Waals surface area contributed by atoms with Gasteiger partial charge in [-0.2, -0.15) is 0 Å². The molecular weight excluding hydrogens is 454 g/mol. The second-order valence-electron chi connectivity index (χ2n) is 7.06. The number of rotatable bonds is 4. The third-order valence-electron chi connectivity index (χ3n) is 4.95. The number of benzene rings is 3. The number of carbonyl (C=O) groups is 2. The van der Waals surface area contributed by atoms with Crippen LogP contribution in [0.2, 0.25) is 0 Å². The molecule has 2 amide bonds. The van der Waals surface area contributed by atoms with Gasteiger partial charge in [0.15, 0.2) is 0 Å². The Hall–Kier alpha value is -3.51. The first-order chi connectivity index (χ1) is 15.0. The Balaban J connectivity index is 1.67. The van der Waals surface area contributed by atoms with Gasteiger partial charge < -0.3 is 10.2 Å². The lowest BCUT2D eigenvalue weighted by Crippen LogP contribution is -2.45. The molecule has 3 aromatic carbocycles. The summed E-state index contributed by atoms with van der Waals surface area (Å²) >= 11 is 3.41. The van der Waals surface area contributed by atoms with Crippen LogP contribution in [0.5, 0.6) is 0 Å². The number of benzodiazepines with no additional fused rings is 1. The quantitative estimate of drug-likeness (QED) is 0.570. The SMILES string of the molecule is CN1C(=O)[C@H](NC(=O)/C=C/c2cccc(Br)c2)N=C(c2ccccc2)c2ccccc21. The average molecular weight is 474 g/mol. The fraction of sp³-hybridized carbons (Fsp3) is 0.0800. The van der Waals surface area contributed by atoms with Crippen molar-refractivity contribution in [1.82, 2.24) is 5.32 Å². The number of halogens is 1. The minimum atomic E-state index is -1.03. The molecule has 31 heavy (non-hydrogen) atoms. The van der Waals surface area contributed by atoms with E-state index >= 15 is 0 Å². The highest BCUT2D eigenvalue weighted by Crippen LogP contribution is 2.27. The Morgan fingerprint density at radius 2 is 1.77 bits per heavy atom. The van der Waals surface area contributed by atoms with E-state index in [4.69, 9.17) is 0 Å². The molecule has 0 fully saturated rings. The normalized spacial score (nSPS) is 15.9. The van der Waals surface area contributed by atoms with Crippen molar-refractivity contribution < 1.29 is 9.59 Å². The molecule has 0 saturated carbocycles. The summed E-state index contributed by atoms with van der Waals surface area (Å²) in [5.41, 5.74) is 3.99. The van der Waals surface area contributed by atoms with Gasteiger partial charge in [0.1, 0.15) is 0 Å². The lowest BCUT2D eigenvalue weighted by atomic mass is 10.0. The average Bonchev–Trinajstić information content (AvgIpc) is 2.89. The van der Waals surface area contributed by atoms with Crippen LogP contribution in [0.1, 0.15) is 16.7 Å². The number of hydrogen-bond acceptors (Lipinski definition) is 3. The zero-order valence-corrected chi connectivity index (χ0v) is 18.4. The lowest BCUT2D eigenvalue weighted by Gasteiger charge is -2.20. The largest absolute Gasteiger partial charge is 0.323 e. The van der Waals surface area contributed by atoms with Crippen LogP contribution in [0.25, 0.3) is 6.08 Å². The van der Waals surface area contributed by atoms with Gasteiger partial charge in [0.2, 0.25) is 12.1 Å². The number of fused-ring (bicyclic) bond motifs is 1. The van der Waals surface area contributed by atoms with E-state index in [0.717, 1.165) is 26.9 Å². The minimum Gasteiger partial charge on any atom is -0.323 e. The van der Waals surface area contributed by atoms with Gasteiger partial charge in [-0.05, 0) is 29.8 Å². The molecule has 0 bridgehead atoms. The summed E-state index contributed by atoms with van der Waals surface area (Å²) in [6, 6.07) is 24.8. The van der Waals surface area contributed by atoms with Gasteiger partial charge in [-0.25, -0.2) is 4.99 Å². The van der Waals surface area contributed by atoms with Gasteiger partial charge >= 0.3 is 0 Å². The predicted octanol–water partition coefficient (Wildman–Crippen LogP) is 4.42. The van der Waals surface area contributed by atoms with Crippen LogP contribution in [-0.4, -0.2) is 30.7 Å². The summed E-state index contributed by atoms with van der Waals surface area (Å²) in [7, 11) is 1.70. The van der Waals surface area contributed by atoms with Crippen molar-refractivity contribution >= 4 is 45.2 Å². The van der Waals surface area contributed by atoms with Crippen LogP contribution in [0.15, 0.2) is 94.4 Å². The third kappa shape index (κ3) is 4.64. The van der Waals surface area contributed by atoms with Gasteiger partial charge in [-0.1, -0.05) is 76.6 Å². The van der Waals surface area contributed by atoms with Crippen LogP contribution in [0.4, 0.5) is 5.69 Å². The maximum atomic E-state index is 13.1. The molecule has 3 aromatic rings. The molecule has 5 nitrogen and oxygen atoms in total. The molecule has 4 rings (SSSR count). The minimum absolute atomic E-state index is 0.303. The highest BCUT2D eigenvalue weighted by atomic mass is 79.9. The molecule has 6 heteroatoms. The highest BCUT2D eigenvalue weighted by molar-refractivity contribution is 9.10. The van der Waals surface area contributed by atoms with Crippen molar-refractivity contribution in [2.45, 2.75) is 6.17 Å². The number of anilines is 1. The van der Waals surface area contributed by atoms with Crippen LogP contribution >= 0.6 is 15.9 Å². The highest BCUT2D eigenvalue weighted by Gasteiger charge is 2.30. The van der Waals surface area contributed by atoms with Crippen molar-refractivity contribution in [3.63, 3.8) is 0 Å². The Morgan fingerprint density at radius 3 is 2.55 bits per heavy atom. The number of nitrogens with zero attached hydrogens (tertiary/aromatic N) is 2. The molecule has 0 unspecified atom stereocenters. The first-order valence-corrected chi connectivity index (χ1v) is 10.6. The first kappa shape index (κ1) is 20.8. The molecule has 1 aliphatic heterocycles. The fourth-order valence-corrected chi connectivity index (χ4v) is 3.82. The van der Waals surface area contributed by atoms with Gasteiger partial charge in [0, 0.05) is 28.7 Å². The molecule has 1 heterocycles. The third-order valence-corrected chi connectivity index (χ3v) is 5.44. The summed E-state index contributed by atoms with van der Waals surface area (Å²) in [5.74, 6) is -0.698. The summed E-state index contributed by atoms with van der Waals surface area (Å²) in [4.78, 5) is 31.9. The molecule has 1 atom stereocenters. The molecule has 154 valence electrons. The maximum Gasteiger partial charge on any atom is 0.272 e. The van der Waals surface area contributed by atoms with Crippen molar-refractivity contribution in [1.29, 1.82) is 0 Å². The van der Waals surface area contributed by atoms with Gasteiger partial charge in [0.05, 0.1) is 11.4 Å². The molecule has 0 radical (unpaired) electrons. The summed E-state index contributed by atoms with van der Waals surface area (Å²) in [6.45, 7) is 0. The number of amides is 2. The van der Waals surface area contributed by atoms with E-state index in [2.05, 4.69) is 26.2 Å². The zero-order chi connectivity index (χ0) is 21.8. The standard InChI is InChI=1S/C25H20BrN3O2/c1-29-21-13-6-5-12-20(21)23(18-9-3-2-4-10-18)28-24(25(29)31)27-22(30)15-14-17-8-7-11-19(26)16-17/h2-16,24H,1H3,(H,27,30)/b15-14+/t24-/m1/s1. The van der Waals surface area contributed by atoms with E-state index in [9.17, 15) is 9.59 Å².